The van der Waals surface area contributed by atoms with Gasteiger partial charge in [-0.05, 0) is 0 Å². The van der Waals surface area contributed by atoms with Gasteiger partial charge in [0.25, 0.3) is 0 Å². The number of aromatic nitrogens is 2. The van der Waals surface area contributed by atoms with Gasteiger partial charge in [0.2, 0.25) is 0 Å². The van der Waals surface area contributed by atoms with Crippen LogP contribution in [0.25, 0.3) is 22.5 Å². The summed E-state index contributed by atoms with van der Waals surface area (Å²) in [5.74, 6) is 0.0778. The van der Waals surface area contributed by atoms with Crippen molar-refractivity contribution in [3.63, 3.8) is 0 Å². The molecule has 1 aromatic heterocycles. The lowest BCUT2D eigenvalue weighted by atomic mass is 10.1. The van der Waals surface area contributed by atoms with Gasteiger partial charge in [-0.2, -0.15) is 0 Å². The fourth-order valence-corrected chi connectivity index (χ4v) is 2.27. The fraction of sp³-hybridized carbons (Fsp3) is 0. The number of hydrogen-bond donors (Lipinski definition) is 4. The highest BCUT2D eigenvalue weighted by Gasteiger charge is 2.05. The van der Waals surface area contributed by atoms with Crippen molar-refractivity contribution in [2.45, 2.75) is 0 Å². The van der Waals surface area contributed by atoms with Crippen LogP contribution in [-0.2, 0) is 0 Å². The van der Waals surface area contributed by atoms with E-state index in [4.69, 9.17) is 22.3 Å². The van der Waals surface area contributed by atoms with Crippen LogP contribution in [0.15, 0.2) is 60.9 Å². The normalized spacial score (nSPS) is 9.92. The summed E-state index contributed by atoms with van der Waals surface area (Å²) in [5, 5.41) is 14.8. The molecule has 0 aliphatic carbocycles. The van der Waals surface area contributed by atoms with Crippen molar-refractivity contribution in [3.05, 3.63) is 72.1 Å². The first kappa shape index (κ1) is 18.1. The Kier molecular flexibility index (Phi) is 5.46. The topological polar surface area (TPSA) is 126 Å². The van der Waals surface area contributed by atoms with E-state index in [0.717, 1.165) is 22.5 Å². The van der Waals surface area contributed by atoms with E-state index in [1.54, 1.807) is 36.7 Å². The molecule has 0 amide bonds. The highest BCUT2D eigenvalue weighted by atomic mass is 35.5. The zero-order chi connectivity index (χ0) is 17.1. The Hall–Kier alpha value is -3.25. The van der Waals surface area contributed by atoms with Crippen LogP contribution in [0.2, 0.25) is 0 Å². The molecule has 0 bridgehead atoms. The summed E-state index contributed by atoms with van der Waals surface area (Å²) in [6.45, 7) is 0. The molecule has 0 aliphatic heterocycles. The minimum absolute atomic E-state index is 0. The van der Waals surface area contributed by atoms with Crippen molar-refractivity contribution < 1.29 is 0 Å². The molecule has 3 aromatic rings. The van der Waals surface area contributed by atoms with E-state index in [0.29, 0.717) is 11.1 Å². The highest BCUT2D eigenvalue weighted by Crippen LogP contribution is 2.21. The van der Waals surface area contributed by atoms with Gasteiger partial charge in [0.05, 0.1) is 23.8 Å². The molecule has 126 valence electrons. The Morgan fingerprint density at radius 1 is 0.640 bits per heavy atom. The first-order valence-corrected chi connectivity index (χ1v) is 7.26. The number of nitrogens with one attached hydrogen (secondary N) is 2. The average molecular weight is 353 g/mol. The Morgan fingerprint density at radius 3 is 1.20 bits per heavy atom. The second-order valence-electron chi connectivity index (χ2n) is 5.27. The summed E-state index contributed by atoms with van der Waals surface area (Å²) in [4.78, 5) is 8.89. The first-order chi connectivity index (χ1) is 11.5. The summed E-state index contributed by atoms with van der Waals surface area (Å²) in [6, 6.07) is 14.6. The lowest BCUT2D eigenvalue weighted by molar-refractivity contribution is 1.21. The van der Waals surface area contributed by atoms with E-state index in [-0.39, 0.29) is 24.1 Å². The van der Waals surface area contributed by atoms with Gasteiger partial charge in [-0.15, -0.1) is 12.4 Å². The van der Waals surface area contributed by atoms with Crippen LogP contribution in [0.3, 0.4) is 0 Å². The third-order valence-corrected chi connectivity index (χ3v) is 3.64. The monoisotopic (exact) mass is 352 g/mol. The zero-order valence-corrected chi connectivity index (χ0v) is 14.0. The third kappa shape index (κ3) is 3.99. The van der Waals surface area contributed by atoms with Gasteiger partial charge >= 0.3 is 0 Å². The molecular formula is C18H17ClN6. The Morgan fingerprint density at radius 2 is 0.960 bits per heavy atom. The minimum Gasteiger partial charge on any atom is -0.384 e. The van der Waals surface area contributed by atoms with E-state index in [9.17, 15) is 0 Å². The predicted octanol–water partition coefficient (Wildman–Crippen LogP) is 2.80. The number of amidine groups is 2. The smallest absolute Gasteiger partial charge is 0.122 e. The van der Waals surface area contributed by atoms with Crippen molar-refractivity contribution >= 4 is 24.1 Å². The summed E-state index contributed by atoms with van der Waals surface area (Å²) in [7, 11) is 0. The molecule has 0 radical (unpaired) electrons. The molecule has 3 rings (SSSR count). The van der Waals surface area contributed by atoms with Crippen molar-refractivity contribution in [2.24, 2.45) is 11.5 Å². The maximum absolute atomic E-state index is 7.40. The van der Waals surface area contributed by atoms with Crippen LogP contribution in [0.4, 0.5) is 0 Å². The molecule has 1 heterocycles. The fourth-order valence-electron chi connectivity index (χ4n) is 2.27. The first-order valence-electron chi connectivity index (χ1n) is 7.26. The molecular weight excluding hydrogens is 336 g/mol. The summed E-state index contributed by atoms with van der Waals surface area (Å²) >= 11 is 0. The lowest BCUT2D eigenvalue weighted by Gasteiger charge is -2.05. The summed E-state index contributed by atoms with van der Waals surface area (Å²) in [5.41, 5.74) is 15.6. The van der Waals surface area contributed by atoms with E-state index in [1.165, 1.54) is 0 Å². The van der Waals surface area contributed by atoms with Crippen molar-refractivity contribution in [2.75, 3.05) is 0 Å². The molecule has 0 aliphatic rings. The van der Waals surface area contributed by atoms with Gasteiger partial charge in [0.1, 0.15) is 11.7 Å². The number of rotatable bonds is 4. The Labute approximate surface area is 151 Å². The number of nitrogen functional groups attached to an aromatic ring is 2. The molecule has 0 unspecified atom stereocenters. The second kappa shape index (κ2) is 7.55. The number of halogens is 1. The van der Waals surface area contributed by atoms with Crippen LogP contribution >= 0.6 is 12.4 Å². The number of nitrogens with zero attached hydrogens (tertiary/aromatic N) is 2. The molecule has 7 heteroatoms. The van der Waals surface area contributed by atoms with Crippen LogP contribution in [-0.4, -0.2) is 21.6 Å². The predicted molar refractivity (Wildman–Crippen MR) is 102 cm³/mol. The van der Waals surface area contributed by atoms with Crippen LogP contribution in [0.1, 0.15) is 11.1 Å². The van der Waals surface area contributed by atoms with Gasteiger partial charge in [0.15, 0.2) is 0 Å². The SMILES string of the molecule is Cl.N=C(N)c1ccc(-c2cnc(-c3ccc(C(=N)N)cc3)cn2)cc1. The molecule has 0 spiro atoms. The van der Waals surface area contributed by atoms with Crippen LogP contribution in [0, 0.1) is 10.8 Å². The molecule has 0 saturated heterocycles. The standard InChI is InChI=1S/C18H16N6.ClH/c19-17(20)13-5-1-11(2-6-13)15-9-24-16(10-23-15)12-3-7-14(8-4-12)18(21)22;/h1-10H,(H3,19,20)(H3,21,22);1H. The quantitative estimate of drug-likeness (QED) is 0.425. The number of hydrogen-bond acceptors (Lipinski definition) is 4. The van der Waals surface area contributed by atoms with Gasteiger partial charge in [0, 0.05) is 22.3 Å². The third-order valence-electron chi connectivity index (χ3n) is 3.64. The van der Waals surface area contributed by atoms with Crippen molar-refractivity contribution in [1.29, 1.82) is 10.8 Å². The largest absolute Gasteiger partial charge is 0.384 e. The van der Waals surface area contributed by atoms with E-state index >= 15 is 0 Å². The molecule has 0 atom stereocenters. The highest BCUT2D eigenvalue weighted by molar-refractivity contribution is 5.95. The Bertz CT molecular complexity index is 810. The number of benzene rings is 2. The zero-order valence-electron chi connectivity index (χ0n) is 13.2. The number of nitrogens with two attached hydrogens (primary N) is 2. The maximum atomic E-state index is 7.40. The molecule has 6 nitrogen and oxygen atoms in total. The molecule has 2 aromatic carbocycles. The second-order valence-corrected chi connectivity index (χ2v) is 5.27. The van der Waals surface area contributed by atoms with Crippen LogP contribution < -0.4 is 11.5 Å². The summed E-state index contributed by atoms with van der Waals surface area (Å²) in [6.07, 6.45) is 3.41. The molecule has 0 saturated carbocycles. The van der Waals surface area contributed by atoms with Gasteiger partial charge < -0.3 is 11.5 Å². The van der Waals surface area contributed by atoms with Crippen LogP contribution in [0.5, 0.6) is 0 Å². The maximum Gasteiger partial charge on any atom is 0.122 e. The summed E-state index contributed by atoms with van der Waals surface area (Å²) < 4.78 is 0. The van der Waals surface area contributed by atoms with Gasteiger partial charge in [-0.3, -0.25) is 20.8 Å². The lowest BCUT2D eigenvalue weighted by Crippen LogP contribution is -2.10. The van der Waals surface area contributed by atoms with Crippen molar-refractivity contribution in [3.8, 4) is 22.5 Å². The van der Waals surface area contributed by atoms with Crippen molar-refractivity contribution in [1.82, 2.24) is 9.97 Å². The minimum atomic E-state index is 0. The molecule has 25 heavy (non-hydrogen) atoms. The Balaban J connectivity index is 0.00000225. The molecule has 6 N–H and O–H groups in total. The van der Waals surface area contributed by atoms with E-state index < -0.39 is 0 Å². The molecule has 0 fully saturated rings. The van der Waals surface area contributed by atoms with Gasteiger partial charge in [-0.1, -0.05) is 48.5 Å². The average Bonchev–Trinajstić information content (AvgIpc) is 2.62. The van der Waals surface area contributed by atoms with E-state index in [1.807, 2.05) is 24.3 Å². The van der Waals surface area contributed by atoms with E-state index in [2.05, 4.69) is 9.97 Å². The van der Waals surface area contributed by atoms with Gasteiger partial charge in [-0.25, -0.2) is 0 Å².